The zero-order valence-electron chi connectivity index (χ0n) is 13.9. The van der Waals surface area contributed by atoms with Crippen LogP contribution >= 0.6 is 0 Å². The molecule has 0 saturated carbocycles. The fourth-order valence-electron chi connectivity index (χ4n) is 2.96. The lowest BCUT2D eigenvalue weighted by Crippen LogP contribution is -2.28. The second-order valence-corrected chi connectivity index (χ2v) is 6.05. The maximum atomic E-state index is 12.5. The van der Waals surface area contributed by atoms with E-state index in [0.29, 0.717) is 12.0 Å². The van der Waals surface area contributed by atoms with E-state index in [2.05, 4.69) is 21.7 Å². The first-order valence-corrected chi connectivity index (χ1v) is 8.25. The Balaban J connectivity index is 1.76. The van der Waals surface area contributed by atoms with Gasteiger partial charge in [-0.1, -0.05) is 19.1 Å². The van der Waals surface area contributed by atoms with Crippen molar-refractivity contribution >= 4 is 17.5 Å². The predicted molar refractivity (Wildman–Crippen MR) is 92.9 cm³/mol. The van der Waals surface area contributed by atoms with Crippen molar-refractivity contribution in [3.63, 3.8) is 0 Å². The summed E-state index contributed by atoms with van der Waals surface area (Å²) in [6.07, 6.45) is 5.39. The maximum absolute atomic E-state index is 12.5. The summed E-state index contributed by atoms with van der Waals surface area (Å²) in [6.45, 7) is 3.98. The highest BCUT2D eigenvalue weighted by atomic mass is 16.2. The Morgan fingerprint density at radius 2 is 2.17 bits per heavy atom. The molecule has 2 amide bonds. The number of nitrogens with zero attached hydrogens (tertiary/aromatic N) is 1. The van der Waals surface area contributed by atoms with Crippen LogP contribution in [0.1, 0.15) is 53.4 Å². The molecule has 0 aliphatic carbocycles. The molecule has 0 saturated heterocycles. The van der Waals surface area contributed by atoms with Crippen LogP contribution in [0, 0.1) is 0 Å². The number of nitrogens with one attached hydrogen (secondary N) is 2. The molecule has 124 valence electrons. The van der Waals surface area contributed by atoms with Gasteiger partial charge < -0.3 is 10.6 Å². The van der Waals surface area contributed by atoms with Gasteiger partial charge in [0.05, 0.1) is 6.04 Å². The minimum atomic E-state index is -0.113. The van der Waals surface area contributed by atoms with Crippen molar-refractivity contribution in [2.45, 2.75) is 39.2 Å². The molecule has 0 radical (unpaired) electrons. The fourth-order valence-corrected chi connectivity index (χ4v) is 2.96. The number of carbonyl (C=O) groups excluding carboxylic acids is 2. The highest BCUT2D eigenvalue weighted by Crippen LogP contribution is 2.26. The highest BCUT2D eigenvalue weighted by Gasteiger charge is 2.18. The summed E-state index contributed by atoms with van der Waals surface area (Å²) in [4.78, 5) is 28.1. The van der Waals surface area contributed by atoms with Crippen LogP contribution in [0.5, 0.6) is 0 Å². The topological polar surface area (TPSA) is 71.1 Å². The lowest BCUT2D eigenvalue weighted by atomic mass is 9.97. The van der Waals surface area contributed by atoms with E-state index in [1.54, 1.807) is 18.5 Å². The van der Waals surface area contributed by atoms with Gasteiger partial charge in [-0.2, -0.15) is 0 Å². The molecule has 2 heterocycles. The van der Waals surface area contributed by atoms with E-state index in [1.165, 1.54) is 0 Å². The molecule has 1 aromatic heterocycles. The number of rotatable bonds is 4. The van der Waals surface area contributed by atoms with Gasteiger partial charge in [0, 0.05) is 30.1 Å². The summed E-state index contributed by atoms with van der Waals surface area (Å²) < 4.78 is 0. The third-order valence-electron chi connectivity index (χ3n) is 4.40. The second kappa shape index (κ2) is 6.83. The Kier molecular flexibility index (Phi) is 4.60. The summed E-state index contributed by atoms with van der Waals surface area (Å²) >= 11 is 0. The summed E-state index contributed by atoms with van der Waals surface area (Å²) in [7, 11) is 0. The summed E-state index contributed by atoms with van der Waals surface area (Å²) in [6, 6.07) is 7.56. The number of hydrogen-bond donors (Lipinski definition) is 2. The molecule has 5 heteroatoms. The summed E-state index contributed by atoms with van der Waals surface area (Å²) in [5, 5.41) is 5.92. The average molecular weight is 323 g/mol. The van der Waals surface area contributed by atoms with Gasteiger partial charge in [-0.3, -0.25) is 14.6 Å². The van der Waals surface area contributed by atoms with Crippen molar-refractivity contribution in [3.8, 4) is 0 Å². The Hall–Kier alpha value is -2.69. The maximum Gasteiger partial charge on any atom is 0.252 e. The molecule has 1 aromatic carbocycles. The van der Waals surface area contributed by atoms with Gasteiger partial charge in [0.25, 0.3) is 5.91 Å². The molecular formula is C19H21N3O2. The Labute approximate surface area is 141 Å². The smallest absolute Gasteiger partial charge is 0.252 e. The third kappa shape index (κ3) is 3.30. The molecule has 0 unspecified atom stereocenters. The van der Waals surface area contributed by atoms with E-state index < -0.39 is 0 Å². The second-order valence-electron chi connectivity index (χ2n) is 6.05. The number of fused-ring (bicyclic) bond motifs is 1. The molecule has 2 aromatic rings. The van der Waals surface area contributed by atoms with E-state index in [4.69, 9.17) is 0 Å². The van der Waals surface area contributed by atoms with Crippen LogP contribution in [0.25, 0.3) is 0 Å². The largest absolute Gasteiger partial charge is 0.346 e. The molecule has 5 nitrogen and oxygen atoms in total. The average Bonchev–Trinajstić information content (AvgIpc) is 2.61. The summed E-state index contributed by atoms with van der Waals surface area (Å²) in [5.41, 5.74) is 4.63. The molecule has 1 aliphatic rings. The molecule has 1 atom stereocenters. The van der Waals surface area contributed by atoms with Gasteiger partial charge in [-0.15, -0.1) is 0 Å². The molecule has 3 rings (SSSR count). The first-order valence-electron chi connectivity index (χ1n) is 8.25. The van der Waals surface area contributed by atoms with E-state index in [1.807, 2.05) is 26.0 Å². The van der Waals surface area contributed by atoms with Crippen molar-refractivity contribution in [2.75, 3.05) is 5.32 Å². The van der Waals surface area contributed by atoms with Gasteiger partial charge in [-0.05, 0) is 48.6 Å². The normalized spacial score (nSPS) is 14.5. The van der Waals surface area contributed by atoms with Crippen LogP contribution in [0.2, 0.25) is 0 Å². The number of hydrogen-bond acceptors (Lipinski definition) is 3. The Morgan fingerprint density at radius 3 is 2.96 bits per heavy atom. The van der Waals surface area contributed by atoms with Crippen LogP contribution in [-0.4, -0.2) is 16.8 Å². The van der Waals surface area contributed by atoms with Gasteiger partial charge in [0.15, 0.2) is 0 Å². The fraction of sp³-hybridized carbons (Fsp3) is 0.316. The highest BCUT2D eigenvalue weighted by molar-refractivity contribution is 5.96. The van der Waals surface area contributed by atoms with Crippen LogP contribution in [-0.2, 0) is 17.6 Å². The number of aryl methyl sites for hydroxylation is 2. The Bertz CT molecular complexity index is 786. The van der Waals surface area contributed by atoms with Crippen LogP contribution in [0.3, 0.4) is 0 Å². The first kappa shape index (κ1) is 16.2. The standard InChI is InChI=1S/C19H21N3O2/c1-3-13-11-20-9-8-16(13)19(24)21-12(2)14-4-6-17-15(10-14)5-7-18(23)22-17/h4,6,8-12H,3,5,7H2,1-2H3,(H,21,24)(H,22,23)/t12-/m1/s1. The van der Waals surface area contributed by atoms with Crippen LogP contribution in [0.15, 0.2) is 36.7 Å². The molecule has 0 fully saturated rings. The molecule has 24 heavy (non-hydrogen) atoms. The predicted octanol–water partition coefficient (Wildman–Crippen LogP) is 3.02. The SMILES string of the molecule is CCc1cnccc1C(=O)N[C@H](C)c1ccc2c(c1)CCC(=O)N2. The van der Waals surface area contributed by atoms with Crippen molar-refractivity contribution in [3.05, 3.63) is 58.9 Å². The van der Waals surface area contributed by atoms with Gasteiger partial charge in [0.1, 0.15) is 0 Å². The lowest BCUT2D eigenvalue weighted by molar-refractivity contribution is -0.116. The molecular weight excluding hydrogens is 302 g/mol. The van der Waals surface area contributed by atoms with E-state index in [9.17, 15) is 9.59 Å². The molecule has 2 N–H and O–H groups in total. The Morgan fingerprint density at radius 1 is 1.33 bits per heavy atom. The van der Waals surface area contributed by atoms with Gasteiger partial charge >= 0.3 is 0 Å². The van der Waals surface area contributed by atoms with Crippen LogP contribution in [0.4, 0.5) is 5.69 Å². The van der Waals surface area contributed by atoms with Crippen LogP contribution < -0.4 is 10.6 Å². The lowest BCUT2D eigenvalue weighted by Gasteiger charge is -2.20. The first-order chi connectivity index (χ1) is 11.6. The van der Waals surface area contributed by atoms with Gasteiger partial charge in [0.2, 0.25) is 5.91 Å². The third-order valence-corrected chi connectivity index (χ3v) is 4.40. The number of benzene rings is 1. The number of anilines is 1. The number of pyridine rings is 1. The monoisotopic (exact) mass is 323 g/mol. The van der Waals surface area contributed by atoms with Crippen molar-refractivity contribution in [2.24, 2.45) is 0 Å². The van der Waals surface area contributed by atoms with E-state index in [-0.39, 0.29) is 17.9 Å². The molecule has 0 bridgehead atoms. The number of aromatic nitrogens is 1. The van der Waals surface area contributed by atoms with Crippen molar-refractivity contribution in [1.29, 1.82) is 0 Å². The quantitative estimate of drug-likeness (QED) is 0.908. The molecule has 1 aliphatic heterocycles. The van der Waals surface area contributed by atoms with E-state index >= 15 is 0 Å². The zero-order chi connectivity index (χ0) is 17.1. The molecule has 0 spiro atoms. The minimum Gasteiger partial charge on any atom is -0.346 e. The van der Waals surface area contributed by atoms with E-state index in [0.717, 1.165) is 35.2 Å². The summed E-state index contributed by atoms with van der Waals surface area (Å²) in [5.74, 6) is -0.0332. The minimum absolute atomic E-state index is 0.0568. The van der Waals surface area contributed by atoms with Gasteiger partial charge in [-0.25, -0.2) is 0 Å². The van der Waals surface area contributed by atoms with Crippen molar-refractivity contribution in [1.82, 2.24) is 10.3 Å². The zero-order valence-corrected chi connectivity index (χ0v) is 13.9. The number of amides is 2. The van der Waals surface area contributed by atoms with Crippen molar-refractivity contribution < 1.29 is 9.59 Å². The number of carbonyl (C=O) groups is 2.